The second kappa shape index (κ2) is 4.61. The minimum atomic E-state index is -1.58. The Bertz CT molecular complexity index is 572. The van der Waals surface area contributed by atoms with Gasteiger partial charge in [0.25, 0.3) is 5.91 Å². The number of hydrogen-bond donors (Lipinski definition) is 1. The van der Waals surface area contributed by atoms with Crippen LogP contribution < -0.4 is 4.90 Å². The second-order valence-electron chi connectivity index (χ2n) is 4.42. The quantitative estimate of drug-likeness (QED) is 0.841. The van der Waals surface area contributed by atoms with E-state index in [4.69, 9.17) is 0 Å². The molecule has 0 aromatic heterocycles. The zero-order valence-corrected chi connectivity index (χ0v) is 12.4. The molecule has 1 unspecified atom stereocenters. The highest BCUT2D eigenvalue weighted by Crippen LogP contribution is 2.43. The standard InChI is InChI=1S/C13H14BrNO4/c1-4-13(18)8-5-7(11(16)19-3)9(14)6-10(8)15(2)12(13)17/h5-6,18H,4H2,1-3H3. The molecule has 0 saturated heterocycles. The summed E-state index contributed by atoms with van der Waals surface area (Å²) < 4.78 is 5.21. The monoisotopic (exact) mass is 327 g/mol. The van der Waals surface area contributed by atoms with Crippen molar-refractivity contribution in [1.29, 1.82) is 0 Å². The fourth-order valence-corrected chi connectivity index (χ4v) is 2.77. The van der Waals surface area contributed by atoms with Gasteiger partial charge in [-0.3, -0.25) is 4.79 Å². The van der Waals surface area contributed by atoms with Crippen molar-refractivity contribution < 1.29 is 19.4 Å². The summed E-state index contributed by atoms with van der Waals surface area (Å²) in [5.41, 5.74) is -0.260. The number of rotatable bonds is 2. The fourth-order valence-electron chi connectivity index (χ4n) is 2.28. The molecule has 0 bridgehead atoms. The third-order valence-electron chi connectivity index (χ3n) is 3.47. The SMILES string of the molecule is CCC1(O)C(=O)N(C)c2cc(Br)c(C(=O)OC)cc21. The van der Waals surface area contributed by atoms with Crippen molar-refractivity contribution in [2.24, 2.45) is 0 Å². The third kappa shape index (κ3) is 1.86. The molecule has 1 atom stereocenters. The molecule has 1 aliphatic rings. The van der Waals surface area contributed by atoms with Gasteiger partial charge in [-0.1, -0.05) is 6.92 Å². The molecule has 1 heterocycles. The predicted molar refractivity (Wildman–Crippen MR) is 73.1 cm³/mol. The normalized spacial score (nSPS) is 21.5. The molecule has 0 fully saturated rings. The Labute approximate surface area is 119 Å². The number of amides is 1. The van der Waals surface area contributed by atoms with Crippen LogP contribution in [0, 0.1) is 0 Å². The Balaban J connectivity index is 2.68. The molecule has 2 rings (SSSR count). The van der Waals surface area contributed by atoms with Crippen LogP contribution in [-0.2, 0) is 15.1 Å². The zero-order valence-electron chi connectivity index (χ0n) is 10.9. The van der Waals surface area contributed by atoms with Gasteiger partial charge in [0.05, 0.1) is 18.4 Å². The maximum atomic E-state index is 12.1. The summed E-state index contributed by atoms with van der Waals surface area (Å²) >= 11 is 3.28. The molecule has 1 aromatic carbocycles. The molecule has 0 radical (unpaired) electrons. The molecule has 1 amide bonds. The molecule has 5 nitrogen and oxygen atoms in total. The van der Waals surface area contributed by atoms with Crippen LogP contribution in [-0.4, -0.2) is 31.1 Å². The Morgan fingerprint density at radius 1 is 1.53 bits per heavy atom. The van der Waals surface area contributed by atoms with Crippen LogP contribution in [0.3, 0.4) is 0 Å². The first-order chi connectivity index (χ1) is 8.86. The number of esters is 1. The number of aliphatic hydroxyl groups is 1. The van der Waals surface area contributed by atoms with Crippen molar-refractivity contribution in [3.63, 3.8) is 0 Å². The van der Waals surface area contributed by atoms with Gasteiger partial charge in [0.1, 0.15) is 0 Å². The average Bonchev–Trinajstić information content (AvgIpc) is 2.60. The molecule has 1 aromatic rings. The van der Waals surface area contributed by atoms with Crippen LogP contribution in [0.2, 0.25) is 0 Å². The summed E-state index contributed by atoms with van der Waals surface area (Å²) in [7, 11) is 2.88. The summed E-state index contributed by atoms with van der Waals surface area (Å²) in [5, 5.41) is 10.5. The third-order valence-corrected chi connectivity index (χ3v) is 4.12. The zero-order chi connectivity index (χ0) is 14.4. The predicted octanol–water partition coefficient (Wildman–Crippen LogP) is 1.81. The summed E-state index contributed by atoms with van der Waals surface area (Å²) in [4.78, 5) is 25.2. The molecule has 0 saturated carbocycles. The lowest BCUT2D eigenvalue weighted by atomic mass is 9.91. The lowest BCUT2D eigenvalue weighted by molar-refractivity contribution is -0.136. The van der Waals surface area contributed by atoms with Crippen molar-refractivity contribution in [2.75, 3.05) is 19.1 Å². The minimum Gasteiger partial charge on any atom is -0.465 e. The summed E-state index contributed by atoms with van der Waals surface area (Å²) in [6, 6.07) is 3.16. The van der Waals surface area contributed by atoms with E-state index in [0.717, 1.165) is 0 Å². The number of fused-ring (bicyclic) bond motifs is 1. The van der Waals surface area contributed by atoms with Gasteiger partial charge in [-0.05, 0) is 34.5 Å². The van der Waals surface area contributed by atoms with E-state index in [0.29, 0.717) is 15.7 Å². The summed E-state index contributed by atoms with van der Waals surface area (Å²) in [6.45, 7) is 1.72. The van der Waals surface area contributed by atoms with Crippen molar-refractivity contribution in [3.8, 4) is 0 Å². The van der Waals surface area contributed by atoms with E-state index in [1.807, 2.05) is 0 Å². The van der Waals surface area contributed by atoms with Crippen molar-refractivity contribution >= 4 is 33.5 Å². The minimum absolute atomic E-state index is 0.241. The Morgan fingerprint density at radius 3 is 2.68 bits per heavy atom. The highest BCUT2D eigenvalue weighted by atomic mass is 79.9. The van der Waals surface area contributed by atoms with Crippen molar-refractivity contribution in [1.82, 2.24) is 0 Å². The van der Waals surface area contributed by atoms with Crippen LogP contribution in [0.4, 0.5) is 5.69 Å². The number of methoxy groups -OCH3 is 1. The molecule has 6 heteroatoms. The van der Waals surface area contributed by atoms with E-state index in [9.17, 15) is 14.7 Å². The van der Waals surface area contributed by atoms with Gasteiger partial charge in [0.15, 0.2) is 5.60 Å². The number of nitrogens with zero attached hydrogens (tertiary/aromatic N) is 1. The molecule has 102 valence electrons. The maximum Gasteiger partial charge on any atom is 0.339 e. The van der Waals surface area contributed by atoms with Gasteiger partial charge < -0.3 is 14.7 Å². The largest absolute Gasteiger partial charge is 0.465 e. The number of halogens is 1. The Morgan fingerprint density at radius 2 is 2.16 bits per heavy atom. The first-order valence-electron chi connectivity index (χ1n) is 5.79. The number of likely N-dealkylation sites (N-methyl/N-ethyl adjacent to an activating group) is 1. The number of anilines is 1. The molecule has 0 spiro atoms. The first kappa shape index (κ1) is 14.0. The highest BCUT2D eigenvalue weighted by Gasteiger charge is 2.47. The lowest BCUT2D eigenvalue weighted by Crippen LogP contribution is -2.37. The van der Waals surface area contributed by atoms with Crippen LogP contribution in [0.5, 0.6) is 0 Å². The highest BCUT2D eigenvalue weighted by molar-refractivity contribution is 9.10. The molecule has 19 heavy (non-hydrogen) atoms. The van der Waals surface area contributed by atoms with Gasteiger partial charge in [0.2, 0.25) is 0 Å². The number of hydrogen-bond acceptors (Lipinski definition) is 4. The first-order valence-corrected chi connectivity index (χ1v) is 6.59. The second-order valence-corrected chi connectivity index (χ2v) is 5.27. The number of benzene rings is 1. The number of ether oxygens (including phenoxy) is 1. The topological polar surface area (TPSA) is 66.8 Å². The van der Waals surface area contributed by atoms with Gasteiger partial charge in [-0.25, -0.2) is 4.79 Å². The fraction of sp³-hybridized carbons (Fsp3) is 0.385. The van der Waals surface area contributed by atoms with Crippen molar-refractivity contribution in [2.45, 2.75) is 18.9 Å². The van der Waals surface area contributed by atoms with Crippen molar-refractivity contribution in [3.05, 3.63) is 27.7 Å². The maximum absolute atomic E-state index is 12.1. The van der Waals surface area contributed by atoms with Gasteiger partial charge in [-0.2, -0.15) is 0 Å². The van der Waals surface area contributed by atoms with E-state index in [2.05, 4.69) is 20.7 Å². The van der Waals surface area contributed by atoms with Gasteiger partial charge >= 0.3 is 5.97 Å². The van der Waals surface area contributed by atoms with Crippen LogP contribution in [0.15, 0.2) is 16.6 Å². The van der Waals surface area contributed by atoms with E-state index in [1.54, 1.807) is 20.0 Å². The molecular weight excluding hydrogens is 314 g/mol. The molecule has 1 N–H and O–H groups in total. The summed E-state index contributed by atoms with van der Waals surface area (Å²) in [6.07, 6.45) is 0.241. The van der Waals surface area contributed by atoms with E-state index < -0.39 is 11.6 Å². The van der Waals surface area contributed by atoms with Crippen LogP contribution in [0.25, 0.3) is 0 Å². The van der Waals surface area contributed by atoms with Gasteiger partial charge in [0, 0.05) is 17.1 Å². The Kier molecular flexibility index (Phi) is 3.40. The number of carbonyl (C=O) groups excluding carboxylic acids is 2. The van der Waals surface area contributed by atoms with Gasteiger partial charge in [-0.15, -0.1) is 0 Å². The summed E-state index contributed by atoms with van der Waals surface area (Å²) in [5.74, 6) is -0.908. The Hall–Kier alpha value is -1.40. The molecule has 0 aliphatic carbocycles. The van der Waals surface area contributed by atoms with Crippen LogP contribution in [0.1, 0.15) is 29.3 Å². The lowest BCUT2D eigenvalue weighted by Gasteiger charge is -2.19. The van der Waals surface area contributed by atoms with E-state index in [-0.39, 0.29) is 17.9 Å². The van der Waals surface area contributed by atoms with E-state index >= 15 is 0 Å². The molecule has 1 aliphatic heterocycles. The molecular formula is C13H14BrNO4. The smallest absolute Gasteiger partial charge is 0.339 e. The van der Waals surface area contributed by atoms with E-state index in [1.165, 1.54) is 18.1 Å². The average molecular weight is 328 g/mol. The van der Waals surface area contributed by atoms with Crippen LogP contribution >= 0.6 is 15.9 Å². The number of carbonyl (C=O) groups is 2.